The molecule has 0 spiro atoms. The number of ether oxygens (including phenoxy) is 3. The third-order valence-corrected chi connectivity index (χ3v) is 5.76. The molecule has 1 aliphatic rings. The standard InChI is InChI=1S/C22H26N2O4S/c1-14-7-6-8-15(9-14)21-23-17(13-29-21)12-24(2)22(25)16-10-18(26-3)20(28-5)19(11-16)27-4/h6-11,13,21,23H,12H2,1-5H3. The lowest BCUT2D eigenvalue weighted by Gasteiger charge is -2.21. The average molecular weight is 415 g/mol. The van der Waals surface area contributed by atoms with Gasteiger partial charge in [0.25, 0.3) is 5.91 Å². The predicted octanol–water partition coefficient (Wildman–Crippen LogP) is 3.97. The zero-order chi connectivity index (χ0) is 21.0. The molecular weight excluding hydrogens is 388 g/mol. The quantitative estimate of drug-likeness (QED) is 0.740. The van der Waals surface area contributed by atoms with Crippen LogP contribution in [0.2, 0.25) is 0 Å². The van der Waals surface area contributed by atoms with Crippen molar-refractivity contribution in [3.05, 3.63) is 64.2 Å². The Morgan fingerprint density at radius 3 is 2.38 bits per heavy atom. The normalized spacial score (nSPS) is 15.3. The van der Waals surface area contributed by atoms with Gasteiger partial charge in [-0.2, -0.15) is 0 Å². The van der Waals surface area contributed by atoms with E-state index in [4.69, 9.17) is 14.2 Å². The van der Waals surface area contributed by atoms with Gasteiger partial charge in [-0.15, -0.1) is 11.8 Å². The van der Waals surface area contributed by atoms with E-state index in [0.717, 1.165) is 5.70 Å². The van der Waals surface area contributed by atoms with Crippen molar-refractivity contribution in [2.24, 2.45) is 0 Å². The summed E-state index contributed by atoms with van der Waals surface area (Å²) in [6.45, 7) is 2.56. The minimum absolute atomic E-state index is 0.129. The largest absolute Gasteiger partial charge is 0.493 e. The molecule has 1 amide bonds. The maximum Gasteiger partial charge on any atom is 0.254 e. The summed E-state index contributed by atoms with van der Waals surface area (Å²) in [5.41, 5.74) is 3.93. The van der Waals surface area contributed by atoms with Crippen molar-refractivity contribution in [3.63, 3.8) is 0 Å². The number of nitrogens with zero attached hydrogens (tertiary/aromatic N) is 1. The zero-order valence-corrected chi connectivity index (χ0v) is 18.1. The van der Waals surface area contributed by atoms with Crippen LogP contribution in [0.5, 0.6) is 17.2 Å². The Morgan fingerprint density at radius 2 is 1.79 bits per heavy atom. The van der Waals surface area contributed by atoms with Crippen LogP contribution in [-0.2, 0) is 0 Å². The second kappa shape index (κ2) is 9.13. The summed E-state index contributed by atoms with van der Waals surface area (Å²) in [6.07, 6.45) is 0. The fourth-order valence-corrected chi connectivity index (χ4v) is 4.18. The monoisotopic (exact) mass is 414 g/mol. The molecule has 0 fully saturated rings. The van der Waals surface area contributed by atoms with Gasteiger partial charge < -0.3 is 24.4 Å². The molecule has 0 saturated heterocycles. The number of carbonyl (C=O) groups is 1. The molecule has 1 heterocycles. The number of nitrogens with one attached hydrogen (secondary N) is 1. The molecule has 3 rings (SSSR count). The molecule has 0 bridgehead atoms. The number of likely N-dealkylation sites (N-methyl/N-ethyl adjacent to an activating group) is 1. The van der Waals surface area contributed by atoms with Crippen molar-refractivity contribution in [2.75, 3.05) is 34.9 Å². The Morgan fingerprint density at radius 1 is 1.10 bits per heavy atom. The lowest BCUT2D eigenvalue weighted by atomic mass is 10.1. The van der Waals surface area contributed by atoms with E-state index in [9.17, 15) is 4.79 Å². The van der Waals surface area contributed by atoms with Gasteiger partial charge >= 0.3 is 0 Å². The first kappa shape index (κ1) is 20.9. The van der Waals surface area contributed by atoms with Crippen LogP contribution in [-0.4, -0.2) is 45.7 Å². The topological polar surface area (TPSA) is 60.0 Å². The molecule has 0 aromatic heterocycles. The van der Waals surface area contributed by atoms with E-state index < -0.39 is 0 Å². The van der Waals surface area contributed by atoms with Crippen LogP contribution in [0.3, 0.4) is 0 Å². The number of carbonyl (C=O) groups excluding carboxylic acids is 1. The number of thioether (sulfide) groups is 1. The van der Waals surface area contributed by atoms with E-state index >= 15 is 0 Å². The van der Waals surface area contributed by atoms with Crippen LogP contribution in [0.1, 0.15) is 26.9 Å². The number of benzene rings is 2. The highest BCUT2D eigenvalue weighted by Crippen LogP contribution is 2.39. The van der Waals surface area contributed by atoms with Gasteiger partial charge in [0, 0.05) is 18.3 Å². The molecule has 2 aromatic carbocycles. The van der Waals surface area contributed by atoms with Crippen LogP contribution < -0.4 is 19.5 Å². The molecule has 1 aliphatic heterocycles. The molecule has 1 atom stereocenters. The Kier molecular flexibility index (Phi) is 6.59. The summed E-state index contributed by atoms with van der Waals surface area (Å²) in [5, 5.41) is 5.73. The van der Waals surface area contributed by atoms with Gasteiger partial charge in [-0.25, -0.2) is 0 Å². The zero-order valence-electron chi connectivity index (χ0n) is 17.3. The minimum atomic E-state index is -0.129. The van der Waals surface area contributed by atoms with Gasteiger partial charge in [-0.1, -0.05) is 29.8 Å². The van der Waals surface area contributed by atoms with Crippen LogP contribution in [0.25, 0.3) is 0 Å². The van der Waals surface area contributed by atoms with Crippen LogP contribution in [0, 0.1) is 6.92 Å². The number of hydrogen-bond acceptors (Lipinski definition) is 6. The molecule has 1 N–H and O–H groups in total. The van der Waals surface area contributed by atoms with Gasteiger partial charge in [0.1, 0.15) is 5.37 Å². The molecule has 7 heteroatoms. The maximum atomic E-state index is 13.0. The van der Waals surface area contributed by atoms with Crippen molar-refractivity contribution in [2.45, 2.75) is 12.3 Å². The van der Waals surface area contributed by atoms with Gasteiger partial charge in [0.2, 0.25) is 5.75 Å². The molecule has 1 unspecified atom stereocenters. The third kappa shape index (κ3) is 4.62. The average Bonchev–Trinajstić information content (AvgIpc) is 3.20. The summed E-state index contributed by atoms with van der Waals surface area (Å²) >= 11 is 1.71. The Balaban J connectivity index is 1.70. The fourth-order valence-electron chi connectivity index (χ4n) is 3.22. The second-order valence-electron chi connectivity index (χ2n) is 6.79. The number of amides is 1. The first-order valence-corrected chi connectivity index (χ1v) is 10.1. The van der Waals surface area contributed by atoms with E-state index in [-0.39, 0.29) is 11.3 Å². The lowest BCUT2D eigenvalue weighted by Crippen LogP contribution is -2.31. The number of rotatable bonds is 7. The highest BCUT2D eigenvalue weighted by atomic mass is 32.2. The van der Waals surface area contributed by atoms with Crippen LogP contribution >= 0.6 is 11.8 Å². The smallest absolute Gasteiger partial charge is 0.254 e. The molecule has 2 aromatic rings. The second-order valence-corrected chi connectivity index (χ2v) is 7.77. The van der Waals surface area contributed by atoms with E-state index in [1.807, 2.05) is 0 Å². The molecule has 154 valence electrons. The molecule has 0 saturated carbocycles. The van der Waals surface area contributed by atoms with Gasteiger partial charge in [0.05, 0.1) is 27.9 Å². The Hall–Kier alpha value is -2.80. The van der Waals surface area contributed by atoms with Crippen LogP contribution in [0.15, 0.2) is 47.5 Å². The van der Waals surface area contributed by atoms with Gasteiger partial charge in [0.15, 0.2) is 11.5 Å². The van der Waals surface area contributed by atoms with Crippen molar-refractivity contribution < 1.29 is 19.0 Å². The summed E-state index contributed by atoms with van der Waals surface area (Å²) in [6, 6.07) is 11.8. The number of hydrogen-bond donors (Lipinski definition) is 1. The van der Waals surface area contributed by atoms with Gasteiger partial charge in [-0.05, 0) is 30.0 Å². The number of methoxy groups -OCH3 is 3. The first-order chi connectivity index (χ1) is 14.0. The van der Waals surface area contributed by atoms with Crippen molar-refractivity contribution in [3.8, 4) is 17.2 Å². The minimum Gasteiger partial charge on any atom is -0.493 e. The fraction of sp³-hybridized carbons (Fsp3) is 0.318. The van der Waals surface area contributed by atoms with Crippen molar-refractivity contribution in [1.82, 2.24) is 10.2 Å². The third-order valence-electron chi connectivity index (χ3n) is 4.67. The van der Waals surface area contributed by atoms with Crippen molar-refractivity contribution >= 4 is 17.7 Å². The molecule has 29 heavy (non-hydrogen) atoms. The van der Waals surface area contributed by atoms with E-state index in [2.05, 4.69) is 41.9 Å². The lowest BCUT2D eigenvalue weighted by molar-refractivity contribution is 0.0804. The first-order valence-electron chi connectivity index (χ1n) is 9.20. The highest BCUT2D eigenvalue weighted by Gasteiger charge is 2.23. The molecule has 6 nitrogen and oxygen atoms in total. The summed E-state index contributed by atoms with van der Waals surface area (Å²) < 4.78 is 16.0. The summed E-state index contributed by atoms with van der Waals surface area (Å²) in [4.78, 5) is 14.6. The highest BCUT2D eigenvalue weighted by molar-refractivity contribution is 8.02. The Bertz CT molecular complexity index is 904. The molecular formula is C22H26N2O4S. The van der Waals surface area contributed by atoms with E-state index in [1.54, 1.807) is 35.8 Å². The van der Waals surface area contributed by atoms with Crippen molar-refractivity contribution in [1.29, 1.82) is 0 Å². The van der Waals surface area contributed by atoms with Gasteiger partial charge in [-0.3, -0.25) is 4.79 Å². The van der Waals surface area contributed by atoms with Crippen LogP contribution in [0.4, 0.5) is 0 Å². The maximum absolute atomic E-state index is 13.0. The summed E-state index contributed by atoms with van der Waals surface area (Å²) in [7, 11) is 6.38. The Labute approximate surface area is 175 Å². The van der Waals surface area contributed by atoms with E-state index in [1.165, 1.54) is 32.5 Å². The molecule has 0 aliphatic carbocycles. The SMILES string of the molecule is COc1cc(C(=O)N(C)CC2=CSC(c3cccc(C)c3)N2)cc(OC)c1OC. The summed E-state index contributed by atoms with van der Waals surface area (Å²) in [5.74, 6) is 1.25. The molecule has 0 radical (unpaired) electrons. The van der Waals surface area contributed by atoms with E-state index in [0.29, 0.717) is 29.4 Å². The predicted molar refractivity (Wildman–Crippen MR) is 116 cm³/mol. The number of aryl methyl sites for hydroxylation is 1.